The van der Waals surface area contributed by atoms with Crippen LogP contribution in [0.5, 0.6) is 0 Å². The number of nitrogens with zero attached hydrogens (tertiary/aromatic N) is 3. The Balaban J connectivity index is 1.97. The highest BCUT2D eigenvalue weighted by Crippen LogP contribution is 2.34. The van der Waals surface area contributed by atoms with Crippen LogP contribution in [-0.2, 0) is 11.3 Å². The molecule has 19 heavy (non-hydrogen) atoms. The average molecular weight is 300 g/mol. The van der Waals surface area contributed by atoms with E-state index in [-0.39, 0.29) is 5.00 Å². The largest absolute Gasteiger partial charge is 0.383 e. The van der Waals surface area contributed by atoms with E-state index in [0.717, 1.165) is 27.8 Å². The first-order valence-electron chi connectivity index (χ1n) is 5.47. The molecule has 0 amide bonds. The van der Waals surface area contributed by atoms with Crippen LogP contribution in [0.25, 0.3) is 9.88 Å². The monoisotopic (exact) mass is 300 g/mol. The van der Waals surface area contributed by atoms with Crippen molar-refractivity contribution >= 4 is 27.7 Å². The van der Waals surface area contributed by atoms with Gasteiger partial charge in [-0.3, -0.25) is 10.1 Å². The third-order valence-corrected chi connectivity index (χ3v) is 4.34. The summed E-state index contributed by atoms with van der Waals surface area (Å²) >= 11 is 2.54. The summed E-state index contributed by atoms with van der Waals surface area (Å²) in [5, 5.41) is 23.5. The fourth-order valence-corrected chi connectivity index (χ4v) is 3.01. The summed E-state index contributed by atoms with van der Waals surface area (Å²) in [6.07, 6.45) is 0. The van der Waals surface area contributed by atoms with Gasteiger partial charge in [-0.1, -0.05) is 22.7 Å². The Morgan fingerprint density at radius 3 is 2.95 bits per heavy atom. The van der Waals surface area contributed by atoms with E-state index in [0.29, 0.717) is 18.2 Å². The van der Waals surface area contributed by atoms with Gasteiger partial charge >= 0.3 is 5.00 Å². The van der Waals surface area contributed by atoms with Gasteiger partial charge in [-0.25, -0.2) is 0 Å². The molecule has 0 saturated heterocycles. The van der Waals surface area contributed by atoms with Crippen LogP contribution in [0.4, 0.5) is 5.00 Å². The van der Waals surface area contributed by atoms with Crippen LogP contribution in [0.15, 0.2) is 12.1 Å². The SMILES string of the molecule is COCCNCc1nnc(-c2ccc([N+](=O)[O-])s2)s1. The predicted molar refractivity (Wildman–Crippen MR) is 73.5 cm³/mol. The van der Waals surface area contributed by atoms with Gasteiger partial charge in [0, 0.05) is 26.3 Å². The molecular weight excluding hydrogens is 288 g/mol. The highest BCUT2D eigenvalue weighted by atomic mass is 32.1. The molecule has 0 aromatic carbocycles. The number of aromatic nitrogens is 2. The lowest BCUT2D eigenvalue weighted by Crippen LogP contribution is -2.18. The van der Waals surface area contributed by atoms with E-state index in [1.165, 1.54) is 17.4 Å². The lowest BCUT2D eigenvalue weighted by atomic mass is 10.5. The van der Waals surface area contributed by atoms with Crippen LogP contribution in [-0.4, -0.2) is 35.4 Å². The average Bonchev–Trinajstić information content (AvgIpc) is 3.03. The van der Waals surface area contributed by atoms with Crippen molar-refractivity contribution in [2.24, 2.45) is 0 Å². The maximum absolute atomic E-state index is 10.6. The minimum Gasteiger partial charge on any atom is -0.383 e. The Labute approximate surface area is 117 Å². The molecule has 0 unspecified atom stereocenters. The number of methoxy groups -OCH3 is 1. The van der Waals surface area contributed by atoms with Crippen molar-refractivity contribution in [3.05, 3.63) is 27.3 Å². The molecule has 0 aliphatic heterocycles. The van der Waals surface area contributed by atoms with Gasteiger partial charge in [0.05, 0.1) is 16.4 Å². The molecule has 0 bridgehead atoms. The number of ether oxygens (including phenoxy) is 1. The maximum Gasteiger partial charge on any atom is 0.324 e. The van der Waals surface area contributed by atoms with Crippen LogP contribution in [0, 0.1) is 10.1 Å². The molecule has 2 rings (SSSR count). The third-order valence-electron chi connectivity index (χ3n) is 2.21. The van der Waals surface area contributed by atoms with Crippen molar-refractivity contribution in [3.8, 4) is 9.88 Å². The van der Waals surface area contributed by atoms with Crippen molar-refractivity contribution < 1.29 is 9.66 Å². The van der Waals surface area contributed by atoms with Gasteiger partial charge in [0.1, 0.15) is 5.01 Å². The van der Waals surface area contributed by atoms with Gasteiger partial charge in [-0.2, -0.15) is 0 Å². The lowest BCUT2D eigenvalue weighted by molar-refractivity contribution is -0.380. The summed E-state index contributed by atoms with van der Waals surface area (Å²) in [5.41, 5.74) is 0. The third kappa shape index (κ3) is 3.77. The maximum atomic E-state index is 10.6. The summed E-state index contributed by atoms with van der Waals surface area (Å²) in [4.78, 5) is 11.0. The number of nitro groups is 1. The summed E-state index contributed by atoms with van der Waals surface area (Å²) in [7, 11) is 1.65. The topological polar surface area (TPSA) is 90.2 Å². The molecule has 0 radical (unpaired) electrons. The van der Waals surface area contributed by atoms with E-state index < -0.39 is 4.92 Å². The second-order valence-electron chi connectivity index (χ2n) is 3.57. The fourth-order valence-electron chi connectivity index (χ4n) is 1.33. The minimum atomic E-state index is -0.400. The van der Waals surface area contributed by atoms with Crippen LogP contribution >= 0.6 is 22.7 Å². The normalized spacial score (nSPS) is 10.8. The molecule has 102 valence electrons. The van der Waals surface area contributed by atoms with Crippen LogP contribution in [0.1, 0.15) is 5.01 Å². The lowest BCUT2D eigenvalue weighted by Gasteiger charge is -1.99. The molecular formula is C10H12N4O3S2. The number of nitrogens with one attached hydrogen (secondary N) is 1. The first-order chi connectivity index (χ1) is 9.20. The summed E-state index contributed by atoms with van der Waals surface area (Å²) in [6.45, 7) is 2.01. The molecule has 0 fully saturated rings. The predicted octanol–water partition coefficient (Wildman–Crippen LogP) is 1.91. The number of hydrogen-bond donors (Lipinski definition) is 1. The zero-order valence-electron chi connectivity index (χ0n) is 10.2. The first-order valence-corrected chi connectivity index (χ1v) is 7.10. The molecule has 2 heterocycles. The van der Waals surface area contributed by atoms with Crippen molar-refractivity contribution in [2.45, 2.75) is 6.54 Å². The van der Waals surface area contributed by atoms with Crippen LogP contribution in [0.3, 0.4) is 0 Å². The highest BCUT2D eigenvalue weighted by molar-refractivity contribution is 7.23. The first kappa shape index (κ1) is 14.0. The molecule has 0 atom stereocenters. The van der Waals surface area contributed by atoms with Gasteiger partial charge in [0.2, 0.25) is 0 Å². The van der Waals surface area contributed by atoms with Gasteiger partial charge in [0.15, 0.2) is 5.01 Å². The Kier molecular flexibility index (Phi) is 4.91. The van der Waals surface area contributed by atoms with E-state index in [2.05, 4.69) is 15.5 Å². The second-order valence-corrected chi connectivity index (χ2v) is 5.69. The summed E-state index contributed by atoms with van der Waals surface area (Å²) in [5.74, 6) is 0. The van der Waals surface area contributed by atoms with Crippen molar-refractivity contribution in [1.29, 1.82) is 0 Å². The Morgan fingerprint density at radius 2 is 2.26 bits per heavy atom. The molecule has 1 N–H and O–H groups in total. The molecule has 9 heteroatoms. The van der Waals surface area contributed by atoms with Crippen molar-refractivity contribution in [3.63, 3.8) is 0 Å². The number of thiophene rings is 1. The quantitative estimate of drug-likeness (QED) is 0.477. The Morgan fingerprint density at radius 1 is 1.42 bits per heavy atom. The highest BCUT2D eigenvalue weighted by Gasteiger charge is 2.14. The molecule has 0 saturated carbocycles. The fraction of sp³-hybridized carbons (Fsp3) is 0.400. The molecule has 0 spiro atoms. The van der Waals surface area contributed by atoms with Crippen LogP contribution < -0.4 is 5.32 Å². The van der Waals surface area contributed by atoms with E-state index in [1.54, 1.807) is 13.2 Å². The van der Waals surface area contributed by atoms with Gasteiger partial charge in [-0.05, 0) is 6.07 Å². The van der Waals surface area contributed by atoms with Gasteiger partial charge < -0.3 is 10.1 Å². The van der Waals surface area contributed by atoms with Gasteiger partial charge in [0.25, 0.3) is 0 Å². The molecule has 2 aromatic rings. The van der Waals surface area contributed by atoms with E-state index >= 15 is 0 Å². The summed E-state index contributed by atoms with van der Waals surface area (Å²) in [6, 6.07) is 3.18. The molecule has 2 aromatic heterocycles. The molecule has 0 aliphatic rings. The van der Waals surface area contributed by atoms with Gasteiger partial charge in [-0.15, -0.1) is 10.2 Å². The van der Waals surface area contributed by atoms with Crippen LogP contribution in [0.2, 0.25) is 0 Å². The van der Waals surface area contributed by atoms with E-state index in [4.69, 9.17) is 4.74 Å². The van der Waals surface area contributed by atoms with Crippen molar-refractivity contribution in [1.82, 2.24) is 15.5 Å². The molecule has 0 aliphatic carbocycles. The minimum absolute atomic E-state index is 0.116. The summed E-state index contributed by atoms with van der Waals surface area (Å²) < 4.78 is 4.92. The zero-order valence-corrected chi connectivity index (χ0v) is 11.8. The van der Waals surface area contributed by atoms with E-state index in [1.807, 2.05) is 0 Å². The number of hydrogen-bond acceptors (Lipinski definition) is 8. The van der Waals surface area contributed by atoms with E-state index in [9.17, 15) is 10.1 Å². The van der Waals surface area contributed by atoms with Crippen molar-refractivity contribution in [2.75, 3.05) is 20.3 Å². The number of rotatable bonds is 7. The second kappa shape index (κ2) is 6.66. The molecule has 7 nitrogen and oxygen atoms in total. The zero-order chi connectivity index (χ0) is 13.7. The standard InChI is InChI=1S/C10H12N4O3S2/c1-17-5-4-11-6-8-12-13-10(19-8)7-2-3-9(18-7)14(15)16/h2-3,11H,4-6H2,1H3. The smallest absolute Gasteiger partial charge is 0.324 e. The Hall–Kier alpha value is -1.42. The Bertz CT molecular complexity index is 554.